The number of halogens is 1. The van der Waals surface area contributed by atoms with E-state index >= 15 is 0 Å². The van der Waals surface area contributed by atoms with Crippen LogP contribution >= 0.6 is 11.6 Å². The van der Waals surface area contributed by atoms with Crippen molar-refractivity contribution < 1.29 is 14.4 Å². The van der Waals surface area contributed by atoms with Crippen LogP contribution in [-0.4, -0.2) is 46.6 Å². The van der Waals surface area contributed by atoms with Gasteiger partial charge in [0.25, 0.3) is 0 Å². The van der Waals surface area contributed by atoms with Gasteiger partial charge < -0.3 is 10.2 Å². The van der Waals surface area contributed by atoms with Gasteiger partial charge in [0.2, 0.25) is 0 Å². The number of hydrogen-bond donors (Lipinski definition) is 1. The van der Waals surface area contributed by atoms with E-state index in [2.05, 4.69) is 10.3 Å². The number of hydrogen-bond acceptors (Lipinski definition) is 4. The summed E-state index contributed by atoms with van der Waals surface area (Å²) in [6.07, 6.45) is 3.46. The first-order valence-corrected chi connectivity index (χ1v) is 9.22. The maximum absolute atomic E-state index is 12.7. The molecule has 0 saturated carbocycles. The SMILES string of the molecule is O=C(NCCc1ccccn1)C(=O)N1CCCC1C(=O)c1ccc(Cl)cc1. The molecule has 6 nitrogen and oxygen atoms in total. The molecule has 0 aliphatic carbocycles. The minimum atomic E-state index is -0.693. The second kappa shape index (κ2) is 8.77. The molecule has 0 radical (unpaired) electrons. The van der Waals surface area contributed by atoms with Gasteiger partial charge in [-0.3, -0.25) is 19.4 Å². The Morgan fingerprint density at radius 2 is 1.93 bits per heavy atom. The Balaban J connectivity index is 1.58. The van der Waals surface area contributed by atoms with Gasteiger partial charge in [-0.25, -0.2) is 0 Å². The number of nitrogens with zero attached hydrogens (tertiary/aromatic N) is 2. The van der Waals surface area contributed by atoms with E-state index in [1.54, 1.807) is 30.5 Å². The number of nitrogens with one attached hydrogen (secondary N) is 1. The molecule has 1 aliphatic heterocycles. The average molecular weight is 386 g/mol. The molecule has 0 spiro atoms. The van der Waals surface area contributed by atoms with E-state index in [1.807, 2.05) is 18.2 Å². The number of rotatable bonds is 5. The summed E-state index contributed by atoms with van der Waals surface area (Å²) in [6, 6.07) is 11.5. The monoisotopic (exact) mass is 385 g/mol. The first-order valence-electron chi connectivity index (χ1n) is 8.85. The summed E-state index contributed by atoms with van der Waals surface area (Å²) in [5.41, 5.74) is 1.32. The van der Waals surface area contributed by atoms with E-state index in [9.17, 15) is 14.4 Å². The summed E-state index contributed by atoms with van der Waals surface area (Å²) in [5.74, 6) is -1.53. The van der Waals surface area contributed by atoms with Gasteiger partial charge >= 0.3 is 11.8 Å². The summed E-state index contributed by atoms with van der Waals surface area (Å²) in [5, 5.41) is 3.16. The van der Waals surface area contributed by atoms with Crippen LogP contribution in [0, 0.1) is 0 Å². The zero-order chi connectivity index (χ0) is 19.2. The first-order chi connectivity index (χ1) is 13.1. The lowest BCUT2D eigenvalue weighted by Gasteiger charge is -2.23. The van der Waals surface area contributed by atoms with Crippen LogP contribution in [0.4, 0.5) is 0 Å². The Labute approximate surface area is 162 Å². The maximum atomic E-state index is 12.7. The Bertz CT molecular complexity index is 824. The third-order valence-electron chi connectivity index (χ3n) is 4.53. The molecule has 3 rings (SSSR count). The molecule has 2 amide bonds. The predicted octanol–water partition coefficient (Wildman–Crippen LogP) is 2.27. The molecule has 1 aromatic carbocycles. The van der Waals surface area contributed by atoms with Gasteiger partial charge in [0.15, 0.2) is 5.78 Å². The van der Waals surface area contributed by atoms with Crippen molar-refractivity contribution in [2.45, 2.75) is 25.3 Å². The van der Waals surface area contributed by atoms with Crippen LogP contribution in [0.2, 0.25) is 5.02 Å². The van der Waals surface area contributed by atoms with Gasteiger partial charge in [-0.1, -0.05) is 17.7 Å². The molecular weight excluding hydrogens is 366 g/mol. The van der Waals surface area contributed by atoms with Crippen molar-refractivity contribution in [1.29, 1.82) is 0 Å². The van der Waals surface area contributed by atoms with Crippen LogP contribution in [0.1, 0.15) is 28.9 Å². The quantitative estimate of drug-likeness (QED) is 0.632. The summed E-state index contributed by atoms with van der Waals surface area (Å²) >= 11 is 5.86. The summed E-state index contributed by atoms with van der Waals surface area (Å²) in [6.45, 7) is 0.710. The number of aromatic nitrogens is 1. The second-order valence-corrected chi connectivity index (χ2v) is 6.79. The maximum Gasteiger partial charge on any atom is 0.312 e. The van der Waals surface area contributed by atoms with Crippen molar-refractivity contribution in [2.75, 3.05) is 13.1 Å². The van der Waals surface area contributed by atoms with Crippen molar-refractivity contribution in [3.05, 3.63) is 64.9 Å². The topological polar surface area (TPSA) is 79.4 Å². The van der Waals surface area contributed by atoms with Gasteiger partial charge in [0, 0.05) is 42.0 Å². The molecule has 2 aromatic rings. The Kier molecular flexibility index (Phi) is 6.19. The number of ketones is 1. The number of carbonyl (C=O) groups is 3. The molecule has 1 aromatic heterocycles. The molecule has 0 bridgehead atoms. The second-order valence-electron chi connectivity index (χ2n) is 6.35. The number of likely N-dealkylation sites (tertiary alicyclic amines) is 1. The van der Waals surface area contributed by atoms with Crippen LogP contribution in [0.3, 0.4) is 0 Å². The number of amides is 2. The summed E-state index contributed by atoms with van der Waals surface area (Å²) < 4.78 is 0. The Morgan fingerprint density at radius 1 is 1.15 bits per heavy atom. The molecule has 1 unspecified atom stereocenters. The van der Waals surface area contributed by atoms with Gasteiger partial charge in [-0.2, -0.15) is 0 Å². The van der Waals surface area contributed by atoms with E-state index in [4.69, 9.17) is 11.6 Å². The molecule has 1 atom stereocenters. The van der Waals surface area contributed by atoms with Gasteiger partial charge in [-0.15, -0.1) is 0 Å². The van der Waals surface area contributed by atoms with Crippen LogP contribution in [0.25, 0.3) is 0 Å². The van der Waals surface area contributed by atoms with Crippen LogP contribution in [0.5, 0.6) is 0 Å². The average Bonchev–Trinajstić information content (AvgIpc) is 3.18. The van der Waals surface area contributed by atoms with E-state index < -0.39 is 17.9 Å². The molecule has 7 heteroatoms. The lowest BCUT2D eigenvalue weighted by Crippen LogP contribution is -2.48. The first kappa shape index (κ1) is 19.0. The minimum absolute atomic E-state index is 0.168. The van der Waals surface area contributed by atoms with Gasteiger partial charge in [0.05, 0.1) is 6.04 Å². The summed E-state index contributed by atoms with van der Waals surface area (Å²) in [4.78, 5) is 43.0. The zero-order valence-electron chi connectivity index (χ0n) is 14.7. The van der Waals surface area contributed by atoms with E-state index in [1.165, 1.54) is 4.90 Å². The number of carbonyl (C=O) groups excluding carboxylic acids is 3. The minimum Gasteiger partial charge on any atom is -0.347 e. The van der Waals surface area contributed by atoms with Crippen LogP contribution < -0.4 is 5.32 Å². The highest BCUT2D eigenvalue weighted by Gasteiger charge is 2.37. The van der Waals surface area contributed by atoms with Crippen LogP contribution in [-0.2, 0) is 16.0 Å². The van der Waals surface area contributed by atoms with Gasteiger partial charge in [-0.05, 0) is 49.2 Å². The van der Waals surface area contributed by atoms with Crippen molar-refractivity contribution in [3.63, 3.8) is 0 Å². The molecule has 1 N–H and O–H groups in total. The molecular formula is C20H20ClN3O3. The fraction of sp³-hybridized carbons (Fsp3) is 0.300. The standard InChI is InChI=1S/C20H20ClN3O3/c21-15-8-6-14(7-9-15)18(25)17-5-3-13-24(17)20(27)19(26)23-12-10-16-4-1-2-11-22-16/h1-2,4,6-9,11,17H,3,5,10,12-13H2,(H,23,26). The molecule has 140 valence electrons. The molecule has 1 fully saturated rings. The van der Waals surface area contributed by atoms with Crippen molar-refractivity contribution in [3.8, 4) is 0 Å². The smallest absolute Gasteiger partial charge is 0.312 e. The number of pyridine rings is 1. The van der Waals surface area contributed by atoms with Gasteiger partial charge in [0.1, 0.15) is 0 Å². The molecule has 1 aliphatic rings. The lowest BCUT2D eigenvalue weighted by molar-refractivity contribution is -0.145. The van der Waals surface area contributed by atoms with Crippen molar-refractivity contribution in [2.24, 2.45) is 0 Å². The predicted molar refractivity (Wildman–Crippen MR) is 101 cm³/mol. The molecule has 1 saturated heterocycles. The van der Waals surface area contributed by atoms with Crippen molar-refractivity contribution >= 4 is 29.2 Å². The normalized spacial score (nSPS) is 16.2. The van der Waals surface area contributed by atoms with E-state index in [-0.39, 0.29) is 5.78 Å². The third kappa shape index (κ3) is 4.71. The highest BCUT2D eigenvalue weighted by molar-refractivity contribution is 6.35. The molecule has 27 heavy (non-hydrogen) atoms. The Hall–Kier alpha value is -2.73. The lowest BCUT2D eigenvalue weighted by atomic mass is 10.0. The highest BCUT2D eigenvalue weighted by Crippen LogP contribution is 2.22. The summed E-state index contributed by atoms with van der Waals surface area (Å²) in [7, 11) is 0. The van der Waals surface area contributed by atoms with E-state index in [0.717, 1.165) is 5.69 Å². The largest absolute Gasteiger partial charge is 0.347 e. The zero-order valence-corrected chi connectivity index (χ0v) is 15.5. The van der Waals surface area contributed by atoms with Crippen LogP contribution in [0.15, 0.2) is 48.7 Å². The van der Waals surface area contributed by atoms with Crippen molar-refractivity contribution in [1.82, 2.24) is 15.2 Å². The fourth-order valence-electron chi connectivity index (χ4n) is 3.15. The van der Waals surface area contributed by atoms with E-state index in [0.29, 0.717) is 42.9 Å². The molecule has 2 heterocycles. The fourth-order valence-corrected chi connectivity index (χ4v) is 3.27. The Morgan fingerprint density at radius 3 is 2.63 bits per heavy atom. The third-order valence-corrected chi connectivity index (χ3v) is 4.78. The number of Topliss-reactive ketones (excluding diaryl/α,β-unsaturated/α-hetero) is 1. The highest BCUT2D eigenvalue weighted by atomic mass is 35.5. The number of benzene rings is 1.